The summed E-state index contributed by atoms with van der Waals surface area (Å²) in [6.45, 7) is 0. The quantitative estimate of drug-likeness (QED) is 0.143. The van der Waals surface area contributed by atoms with Gasteiger partial charge < -0.3 is 0 Å². The Kier molecular flexibility index (Phi) is 10.2. The SMILES string of the molecule is N#Cc1ccc(-c2cccc(-c3ccccc3-c3nc(-c4ccccc4)nc(-c4ccccc4)n3)c2-c2ccccc2-c2nc(-c3ccccc3)nc(-c3ccccc3)n2)cc1. The molecule has 0 unspecified atom stereocenters. The molecule has 0 aliphatic rings. The lowest BCUT2D eigenvalue weighted by Crippen LogP contribution is -2.02. The van der Waals surface area contributed by atoms with E-state index in [4.69, 9.17) is 29.9 Å². The molecule has 2 heterocycles. The van der Waals surface area contributed by atoms with Crippen LogP contribution in [-0.2, 0) is 0 Å². The van der Waals surface area contributed by atoms with Crippen molar-refractivity contribution in [3.8, 4) is 108 Å². The van der Waals surface area contributed by atoms with Gasteiger partial charge in [-0.2, -0.15) is 5.26 Å². The molecule has 0 radical (unpaired) electrons. The Morgan fingerprint density at radius 2 is 0.565 bits per heavy atom. The van der Waals surface area contributed by atoms with Gasteiger partial charge in [0.05, 0.1) is 11.6 Å². The molecule has 0 aliphatic heterocycles. The highest BCUT2D eigenvalue weighted by molar-refractivity contribution is 6.01. The first-order valence-electron chi connectivity index (χ1n) is 20.3. The van der Waals surface area contributed by atoms with Crippen LogP contribution in [0.1, 0.15) is 5.56 Å². The summed E-state index contributed by atoms with van der Waals surface area (Å²) >= 11 is 0. The minimum Gasteiger partial charge on any atom is -0.208 e. The first-order valence-corrected chi connectivity index (χ1v) is 20.3. The molecule has 0 saturated carbocycles. The lowest BCUT2D eigenvalue weighted by molar-refractivity contribution is 1.07. The molecule has 7 nitrogen and oxygen atoms in total. The maximum atomic E-state index is 9.73. The highest BCUT2D eigenvalue weighted by atomic mass is 15.0. The minimum absolute atomic E-state index is 0.541. The van der Waals surface area contributed by atoms with Crippen molar-refractivity contribution in [1.82, 2.24) is 29.9 Å². The van der Waals surface area contributed by atoms with Crippen LogP contribution in [0.25, 0.3) is 102 Å². The zero-order valence-electron chi connectivity index (χ0n) is 33.3. The Labute approximate surface area is 359 Å². The molecule has 10 rings (SSSR count). The van der Waals surface area contributed by atoms with E-state index in [1.54, 1.807) is 0 Å². The highest BCUT2D eigenvalue weighted by Crippen LogP contribution is 2.46. The second kappa shape index (κ2) is 16.9. The number of nitrogens with zero attached hydrogens (tertiary/aromatic N) is 7. The van der Waals surface area contributed by atoms with Gasteiger partial charge in [-0.25, -0.2) is 29.9 Å². The number of benzene rings is 8. The van der Waals surface area contributed by atoms with Crippen LogP contribution in [0, 0.1) is 11.3 Å². The van der Waals surface area contributed by atoms with E-state index in [1.807, 2.05) is 170 Å². The van der Waals surface area contributed by atoms with E-state index in [2.05, 4.69) is 48.5 Å². The van der Waals surface area contributed by atoms with E-state index in [-0.39, 0.29) is 0 Å². The van der Waals surface area contributed by atoms with Gasteiger partial charge >= 0.3 is 0 Å². The fraction of sp³-hybridized carbons (Fsp3) is 0. The minimum atomic E-state index is 0.541. The third-order valence-corrected chi connectivity index (χ3v) is 10.7. The molecule has 0 aliphatic carbocycles. The fourth-order valence-corrected chi connectivity index (χ4v) is 7.70. The van der Waals surface area contributed by atoms with E-state index in [0.717, 1.165) is 66.8 Å². The lowest BCUT2D eigenvalue weighted by atomic mass is 9.84. The van der Waals surface area contributed by atoms with Crippen LogP contribution >= 0.6 is 0 Å². The van der Waals surface area contributed by atoms with Crippen molar-refractivity contribution < 1.29 is 0 Å². The number of hydrogen-bond acceptors (Lipinski definition) is 7. The zero-order chi connectivity index (χ0) is 41.7. The van der Waals surface area contributed by atoms with Crippen molar-refractivity contribution in [2.24, 2.45) is 0 Å². The van der Waals surface area contributed by atoms with Gasteiger partial charge in [0.2, 0.25) is 0 Å². The highest BCUT2D eigenvalue weighted by Gasteiger charge is 2.23. The van der Waals surface area contributed by atoms with Gasteiger partial charge in [-0.3, -0.25) is 0 Å². The fourth-order valence-electron chi connectivity index (χ4n) is 7.70. The molecular weight excluding hydrogens is 759 g/mol. The van der Waals surface area contributed by atoms with Crippen molar-refractivity contribution >= 4 is 0 Å². The summed E-state index contributed by atoms with van der Waals surface area (Å²) in [5.74, 6) is 3.41. The average molecular weight is 794 g/mol. The largest absolute Gasteiger partial charge is 0.208 e. The summed E-state index contributed by atoms with van der Waals surface area (Å²) in [5.41, 5.74) is 11.5. The third-order valence-electron chi connectivity index (χ3n) is 10.7. The normalized spacial score (nSPS) is 10.9. The molecule has 2 aromatic heterocycles. The summed E-state index contributed by atoms with van der Waals surface area (Å²) in [6, 6.07) is 72.9. The maximum absolute atomic E-state index is 9.73. The van der Waals surface area contributed by atoms with Gasteiger partial charge in [-0.05, 0) is 45.5 Å². The number of aromatic nitrogens is 6. The Hall–Kier alpha value is -8.73. The molecular formula is C55H35N7. The van der Waals surface area contributed by atoms with Crippen molar-refractivity contribution in [3.63, 3.8) is 0 Å². The summed E-state index contributed by atoms with van der Waals surface area (Å²) < 4.78 is 0. The van der Waals surface area contributed by atoms with Gasteiger partial charge in [0.1, 0.15) is 0 Å². The molecule has 0 fully saturated rings. The number of rotatable bonds is 9. The van der Waals surface area contributed by atoms with Gasteiger partial charge in [0, 0.05) is 33.4 Å². The van der Waals surface area contributed by atoms with Gasteiger partial charge in [-0.1, -0.05) is 200 Å². The maximum Gasteiger partial charge on any atom is 0.164 e. The second-order valence-corrected chi connectivity index (χ2v) is 14.6. The average Bonchev–Trinajstić information content (AvgIpc) is 3.37. The first-order chi connectivity index (χ1) is 30.7. The first kappa shape index (κ1) is 37.5. The molecule has 0 spiro atoms. The summed E-state index contributed by atoms with van der Waals surface area (Å²) in [7, 11) is 0. The van der Waals surface area contributed by atoms with Gasteiger partial charge in [0.25, 0.3) is 0 Å². The van der Waals surface area contributed by atoms with Gasteiger partial charge in [0.15, 0.2) is 34.9 Å². The topological polar surface area (TPSA) is 101 Å². The molecule has 290 valence electrons. The Morgan fingerprint density at radius 3 is 0.984 bits per heavy atom. The monoisotopic (exact) mass is 793 g/mol. The van der Waals surface area contributed by atoms with Crippen molar-refractivity contribution in [2.45, 2.75) is 0 Å². The number of nitriles is 1. The van der Waals surface area contributed by atoms with E-state index in [0.29, 0.717) is 40.5 Å². The molecule has 0 saturated heterocycles. The van der Waals surface area contributed by atoms with Crippen LogP contribution in [0.5, 0.6) is 0 Å². The molecule has 8 aromatic carbocycles. The summed E-state index contributed by atoms with van der Waals surface area (Å²) in [5, 5.41) is 9.73. The van der Waals surface area contributed by atoms with Crippen LogP contribution in [-0.4, -0.2) is 29.9 Å². The second-order valence-electron chi connectivity index (χ2n) is 14.6. The lowest BCUT2D eigenvalue weighted by Gasteiger charge is -2.20. The van der Waals surface area contributed by atoms with Gasteiger partial charge in [-0.15, -0.1) is 0 Å². The Morgan fingerprint density at radius 1 is 0.242 bits per heavy atom. The predicted molar refractivity (Wildman–Crippen MR) is 247 cm³/mol. The number of hydrogen-bond donors (Lipinski definition) is 0. The van der Waals surface area contributed by atoms with E-state index in [9.17, 15) is 5.26 Å². The standard InChI is InChI=1S/C55H35N7/c56-36-37-32-34-38(35-33-37)43-30-17-31-45(44-26-13-15-28-47(44)54-59-50(39-18-5-1-6-19-39)57-51(60-54)40-20-7-2-8-21-40)49(43)46-27-14-16-29-48(46)55-61-52(41-22-9-3-10-23-41)58-53(62-55)42-24-11-4-12-25-42/h1-35H. The predicted octanol–water partition coefficient (Wildman–Crippen LogP) is 12.9. The van der Waals surface area contributed by atoms with E-state index in [1.165, 1.54) is 0 Å². The molecule has 62 heavy (non-hydrogen) atoms. The molecule has 0 atom stereocenters. The zero-order valence-corrected chi connectivity index (χ0v) is 33.3. The summed E-state index contributed by atoms with van der Waals surface area (Å²) in [6.07, 6.45) is 0. The Bertz CT molecular complexity index is 3110. The van der Waals surface area contributed by atoms with Crippen LogP contribution in [0.15, 0.2) is 212 Å². The smallest absolute Gasteiger partial charge is 0.164 e. The molecule has 10 aromatic rings. The third kappa shape index (κ3) is 7.52. The van der Waals surface area contributed by atoms with Crippen LogP contribution < -0.4 is 0 Å². The van der Waals surface area contributed by atoms with Crippen LogP contribution in [0.3, 0.4) is 0 Å². The molecule has 0 amide bonds. The van der Waals surface area contributed by atoms with E-state index < -0.39 is 0 Å². The van der Waals surface area contributed by atoms with Crippen molar-refractivity contribution in [3.05, 3.63) is 218 Å². The molecule has 0 N–H and O–H groups in total. The Balaban J connectivity index is 1.23. The van der Waals surface area contributed by atoms with Crippen molar-refractivity contribution in [2.75, 3.05) is 0 Å². The molecule has 0 bridgehead atoms. The van der Waals surface area contributed by atoms with Crippen LogP contribution in [0.4, 0.5) is 0 Å². The summed E-state index contributed by atoms with van der Waals surface area (Å²) in [4.78, 5) is 30.6. The van der Waals surface area contributed by atoms with E-state index >= 15 is 0 Å². The van der Waals surface area contributed by atoms with Crippen LogP contribution in [0.2, 0.25) is 0 Å². The molecule has 7 heteroatoms. The van der Waals surface area contributed by atoms with Crippen molar-refractivity contribution in [1.29, 1.82) is 5.26 Å².